The van der Waals surface area contributed by atoms with Gasteiger partial charge in [-0.25, -0.2) is 24.9 Å². The van der Waals surface area contributed by atoms with Crippen molar-refractivity contribution in [2.75, 3.05) is 14.2 Å². The van der Waals surface area contributed by atoms with Crippen LogP contribution in [0.5, 0.6) is 11.6 Å². The molecular weight excluding hydrogens is 539 g/mol. The summed E-state index contributed by atoms with van der Waals surface area (Å²) in [6.07, 6.45) is 1.46. The van der Waals surface area contributed by atoms with Gasteiger partial charge >= 0.3 is 6.18 Å². The molecular formula is C28H24F3N7O3. The third-order valence-corrected chi connectivity index (χ3v) is 6.99. The van der Waals surface area contributed by atoms with Crippen LogP contribution in [0, 0.1) is 0 Å². The smallest absolute Gasteiger partial charge is 0.434 e. The molecule has 0 N–H and O–H groups in total. The quantitative estimate of drug-likeness (QED) is 0.282. The number of fused-ring (bicyclic) bond motifs is 1. The van der Waals surface area contributed by atoms with E-state index in [-0.39, 0.29) is 23.8 Å². The summed E-state index contributed by atoms with van der Waals surface area (Å²) in [6.45, 7) is 0.0857. The monoisotopic (exact) mass is 563 g/mol. The van der Waals surface area contributed by atoms with Crippen molar-refractivity contribution in [1.82, 2.24) is 34.1 Å². The van der Waals surface area contributed by atoms with Crippen LogP contribution < -0.4 is 15.0 Å². The van der Waals surface area contributed by atoms with Gasteiger partial charge in [0.25, 0.3) is 5.56 Å². The predicted octanol–water partition coefficient (Wildman–Crippen LogP) is 4.61. The van der Waals surface area contributed by atoms with Crippen molar-refractivity contribution in [3.05, 3.63) is 76.4 Å². The highest BCUT2D eigenvalue weighted by molar-refractivity contribution is 5.78. The van der Waals surface area contributed by atoms with E-state index in [0.29, 0.717) is 45.2 Å². The van der Waals surface area contributed by atoms with Gasteiger partial charge in [0.15, 0.2) is 11.5 Å². The Morgan fingerprint density at radius 1 is 1.02 bits per heavy atom. The van der Waals surface area contributed by atoms with Gasteiger partial charge < -0.3 is 14.0 Å². The van der Waals surface area contributed by atoms with E-state index in [1.165, 1.54) is 42.8 Å². The van der Waals surface area contributed by atoms with Gasteiger partial charge in [-0.3, -0.25) is 9.36 Å². The second kappa shape index (κ2) is 9.98. The Balaban J connectivity index is 1.43. The zero-order chi connectivity index (χ0) is 28.9. The maximum Gasteiger partial charge on any atom is 0.434 e. The highest BCUT2D eigenvalue weighted by atomic mass is 19.4. The van der Waals surface area contributed by atoms with Crippen molar-refractivity contribution in [1.29, 1.82) is 0 Å². The zero-order valence-corrected chi connectivity index (χ0v) is 22.3. The number of alkyl halides is 3. The Hall–Kier alpha value is -4.81. The number of hydrogen-bond acceptors (Lipinski definition) is 8. The fourth-order valence-corrected chi connectivity index (χ4v) is 4.81. The first-order valence-corrected chi connectivity index (χ1v) is 12.7. The molecule has 0 aliphatic heterocycles. The summed E-state index contributed by atoms with van der Waals surface area (Å²) in [5.74, 6) is 1.48. The molecule has 0 unspecified atom stereocenters. The predicted molar refractivity (Wildman–Crippen MR) is 143 cm³/mol. The number of methoxy groups -OCH3 is 2. The van der Waals surface area contributed by atoms with Crippen molar-refractivity contribution in [2.45, 2.75) is 31.5 Å². The van der Waals surface area contributed by atoms with Crippen LogP contribution in [0.15, 0.2) is 53.8 Å². The van der Waals surface area contributed by atoms with Crippen LogP contribution in [-0.2, 0) is 19.8 Å². The van der Waals surface area contributed by atoms with E-state index in [0.717, 1.165) is 24.7 Å². The molecule has 0 spiro atoms. The van der Waals surface area contributed by atoms with E-state index in [1.54, 1.807) is 30.5 Å². The number of hydrogen-bond donors (Lipinski definition) is 0. The van der Waals surface area contributed by atoms with Crippen LogP contribution >= 0.6 is 0 Å². The molecule has 1 aromatic carbocycles. The Labute approximate surface area is 231 Å². The molecule has 0 radical (unpaired) electrons. The van der Waals surface area contributed by atoms with Crippen molar-refractivity contribution < 1.29 is 22.6 Å². The fourth-order valence-electron chi connectivity index (χ4n) is 4.81. The Morgan fingerprint density at radius 3 is 2.51 bits per heavy atom. The Kier molecular flexibility index (Phi) is 6.43. The normalized spacial score (nSPS) is 13.5. The number of halogens is 3. The summed E-state index contributed by atoms with van der Waals surface area (Å²) in [7, 11) is 4.46. The van der Waals surface area contributed by atoms with Crippen LogP contribution in [-0.4, -0.2) is 48.3 Å². The molecule has 13 heteroatoms. The minimum absolute atomic E-state index is 0.0857. The van der Waals surface area contributed by atoms with Gasteiger partial charge in [0.2, 0.25) is 5.88 Å². The summed E-state index contributed by atoms with van der Waals surface area (Å²) in [6, 6.07) is 8.02. The highest BCUT2D eigenvalue weighted by Crippen LogP contribution is 2.45. The lowest BCUT2D eigenvalue weighted by Crippen LogP contribution is -2.21. The first kappa shape index (κ1) is 26.4. The molecule has 4 heterocycles. The van der Waals surface area contributed by atoms with Gasteiger partial charge in [-0.05, 0) is 25.0 Å². The lowest BCUT2D eigenvalue weighted by molar-refractivity contribution is -0.140. The molecule has 1 fully saturated rings. The maximum atomic E-state index is 13.2. The van der Waals surface area contributed by atoms with Crippen molar-refractivity contribution in [3.63, 3.8) is 0 Å². The van der Waals surface area contributed by atoms with Gasteiger partial charge in [0.1, 0.15) is 29.1 Å². The maximum absolute atomic E-state index is 13.2. The lowest BCUT2D eigenvalue weighted by Gasteiger charge is -2.15. The van der Waals surface area contributed by atoms with Gasteiger partial charge in [-0.15, -0.1) is 0 Å². The van der Waals surface area contributed by atoms with E-state index in [9.17, 15) is 18.0 Å². The molecule has 1 aliphatic rings. The molecule has 1 aliphatic carbocycles. The Morgan fingerprint density at radius 2 is 1.83 bits per heavy atom. The summed E-state index contributed by atoms with van der Waals surface area (Å²) in [5, 5.41) is 0.639. The van der Waals surface area contributed by atoms with Crippen LogP contribution in [0.1, 0.15) is 35.7 Å². The highest BCUT2D eigenvalue weighted by Gasteiger charge is 2.35. The Bertz CT molecular complexity index is 1840. The number of aromatic nitrogens is 7. The molecule has 0 saturated heterocycles. The second-order valence-electron chi connectivity index (χ2n) is 9.73. The number of ether oxygens (including phenoxy) is 2. The van der Waals surface area contributed by atoms with E-state index >= 15 is 0 Å². The lowest BCUT2D eigenvalue weighted by atomic mass is 10.1. The number of rotatable bonds is 7. The zero-order valence-electron chi connectivity index (χ0n) is 22.3. The molecule has 0 bridgehead atoms. The van der Waals surface area contributed by atoms with E-state index in [1.807, 2.05) is 0 Å². The number of imidazole rings is 1. The minimum Gasteiger partial charge on any atom is -0.496 e. The summed E-state index contributed by atoms with van der Waals surface area (Å²) >= 11 is 0. The molecule has 6 rings (SSSR count). The summed E-state index contributed by atoms with van der Waals surface area (Å²) in [4.78, 5) is 34.9. The van der Waals surface area contributed by atoms with Gasteiger partial charge in [0.05, 0.1) is 26.5 Å². The van der Waals surface area contributed by atoms with E-state index in [4.69, 9.17) is 14.5 Å². The fraction of sp³-hybridized carbons (Fsp3) is 0.286. The van der Waals surface area contributed by atoms with Gasteiger partial charge in [-0.2, -0.15) is 13.2 Å². The first-order valence-electron chi connectivity index (χ1n) is 12.7. The van der Waals surface area contributed by atoms with Crippen LogP contribution in [0.3, 0.4) is 0 Å². The van der Waals surface area contributed by atoms with Crippen LogP contribution in [0.2, 0.25) is 0 Å². The van der Waals surface area contributed by atoms with Crippen LogP contribution in [0.25, 0.3) is 33.8 Å². The second-order valence-corrected chi connectivity index (χ2v) is 9.73. The molecule has 0 amide bonds. The average molecular weight is 564 g/mol. The minimum atomic E-state index is -4.56. The molecule has 210 valence electrons. The molecule has 4 aromatic heterocycles. The number of nitrogens with zero attached hydrogens (tertiary/aromatic N) is 7. The van der Waals surface area contributed by atoms with Crippen LogP contribution in [0.4, 0.5) is 13.2 Å². The molecule has 1 saturated carbocycles. The molecule has 0 atom stereocenters. The van der Waals surface area contributed by atoms with Gasteiger partial charge in [-0.1, -0.05) is 12.1 Å². The summed E-state index contributed by atoms with van der Waals surface area (Å²) in [5.41, 5.74) is 1.56. The van der Waals surface area contributed by atoms with E-state index in [2.05, 4.69) is 19.9 Å². The van der Waals surface area contributed by atoms with Crippen molar-refractivity contribution in [3.8, 4) is 34.4 Å². The topological polar surface area (TPSA) is 110 Å². The SMILES string of the molecule is COc1cc(-c2nc(C(F)(F)F)cn2C)ccc1Cn1c(=O)ccc2cnc(-c3c(OC)ncnc3C3CC3)nc21. The number of benzene rings is 1. The largest absolute Gasteiger partial charge is 0.496 e. The van der Waals surface area contributed by atoms with Crippen molar-refractivity contribution in [2.24, 2.45) is 7.05 Å². The molecule has 41 heavy (non-hydrogen) atoms. The number of aryl methyl sites for hydroxylation is 1. The summed E-state index contributed by atoms with van der Waals surface area (Å²) < 4.78 is 53.5. The van der Waals surface area contributed by atoms with Crippen molar-refractivity contribution >= 4 is 11.0 Å². The molecule has 5 aromatic rings. The number of pyridine rings is 1. The molecule has 10 nitrogen and oxygen atoms in total. The first-order chi connectivity index (χ1) is 19.7. The third-order valence-electron chi connectivity index (χ3n) is 6.99. The third kappa shape index (κ3) is 4.87. The standard InChI is InChI=1S/C28H24F3N7O3/c1-37-13-20(28(29,30)31)35-25(37)16-6-7-18(19(10-16)40-2)12-38-21(39)9-8-17-11-32-24(36-26(17)38)22-23(15-4-5-15)33-14-34-27(22)41-3/h6-11,13-15H,4-5,12H2,1-3H3. The average Bonchev–Trinajstić information content (AvgIpc) is 3.74. The van der Waals surface area contributed by atoms with Gasteiger partial charge in [0, 0.05) is 47.9 Å². The van der Waals surface area contributed by atoms with E-state index < -0.39 is 11.9 Å².